The zero-order valence-electron chi connectivity index (χ0n) is 9.78. The number of aromatic nitrogens is 2. The number of benzene rings is 1. The summed E-state index contributed by atoms with van der Waals surface area (Å²) in [7, 11) is 0. The molecule has 0 atom stereocenters. The maximum atomic E-state index is 5.65. The lowest BCUT2D eigenvalue weighted by atomic mass is 9.98. The van der Waals surface area contributed by atoms with E-state index in [0.717, 1.165) is 11.3 Å². The standard InChI is InChI=1S/C13H15N3/c1-8-4-9(2)13(10(3)5-8)11-6-15-7-12(14)16-11/h4-7H,1-3H3,(H2,14,16). The van der Waals surface area contributed by atoms with Crippen LogP contribution >= 0.6 is 0 Å². The van der Waals surface area contributed by atoms with Crippen LogP contribution in [0.2, 0.25) is 0 Å². The van der Waals surface area contributed by atoms with Crippen molar-refractivity contribution in [1.82, 2.24) is 9.97 Å². The molecule has 1 aromatic carbocycles. The molecule has 0 amide bonds. The maximum absolute atomic E-state index is 5.65. The van der Waals surface area contributed by atoms with Gasteiger partial charge < -0.3 is 5.73 Å². The molecule has 0 saturated heterocycles. The summed E-state index contributed by atoms with van der Waals surface area (Å²) in [6.07, 6.45) is 3.31. The fourth-order valence-electron chi connectivity index (χ4n) is 2.09. The minimum absolute atomic E-state index is 0.455. The van der Waals surface area contributed by atoms with Crippen molar-refractivity contribution in [1.29, 1.82) is 0 Å². The summed E-state index contributed by atoms with van der Waals surface area (Å²) in [6.45, 7) is 6.26. The van der Waals surface area contributed by atoms with Crippen LogP contribution in [-0.2, 0) is 0 Å². The van der Waals surface area contributed by atoms with E-state index in [1.54, 1.807) is 12.4 Å². The summed E-state index contributed by atoms with van der Waals surface area (Å²) in [5, 5.41) is 0. The molecular formula is C13H15N3. The van der Waals surface area contributed by atoms with Crippen LogP contribution in [0.3, 0.4) is 0 Å². The van der Waals surface area contributed by atoms with E-state index in [4.69, 9.17) is 5.73 Å². The number of nitrogens with zero attached hydrogens (tertiary/aromatic N) is 2. The summed E-state index contributed by atoms with van der Waals surface area (Å²) in [5.41, 5.74) is 11.3. The van der Waals surface area contributed by atoms with E-state index in [1.807, 2.05) is 0 Å². The Balaban J connectivity index is 2.64. The average Bonchev–Trinajstić information content (AvgIpc) is 2.15. The van der Waals surface area contributed by atoms with Crippen LogP contribution in [0.1, 0.15) is 16.7 Å². The largest absolute Gasteiger partial charge is 0.382 e. The minimum Gasteiger partial charge on any atom is -0.382 e. The van der Waals surface area contributed by atoms with Gasteiger partial charge in [-0.25, -0.2) is 4.98 Å². The fraction of sp³-hybridized carbons (Fsp3) is 0.231. The van der Waals surface area contributed by atoms with Crippen molar-refractivity contribution >= 4 is 5.82 Å². The van der Waals surface area contributed by atoms with E-state index in [1.165, 1.54) is 16.7 Å². The number of anilines is 1. The van der Waals surface area contributed by atoms with Crippen LogP contribution in [-0.4, -0.2) is 9.97 Å². The predicted molar refractivity (Wildman–Crippen MR) is 66.1 cm³/mol. The lowest BCUT2D eigenvalue weighted by molar-refractivity contribution is 1.19. The fourth-order valence-corrected chi connectivity index (χ4v) is 2.09. The second-order valence-electron chi connectivity index (χ2n) is 4.10. The second-order valence-corrected chi connectivity index (χ2v) is 4.10. The van der Waals surface area contributed by atoms with Gasteiger partial charge in [0.2, 0.25) is 0 Å². The molecule has 0 aliphatic rings. The molecule has 0 saturated carbocycles. The summed E-state index contributed by atoms with van der Waals surface area (Å²) >= 11 is 0. The first-order valence-corrected chi connectivity index (χ1v) is 5.23. The van der Waals surface area contributed by atoms with Crippen molar-refractivity contribution < 1.29 is 0 Å². The molecule has 0 fully saturated rings. The van der Waals surface area contributed by atoms with E-state index >= 15 is 0 Å². The number of nitrogens with two attached hydrogens (primary N) is 1. The smallest absolute Gasteiger partial charge is 0.142 e. The quantitative estimate of drug-likeness (QED) is 0.792. The van der Waals surface area contributed by atoms with Gasteiger partial charge in [0.05, 0.1) is 18.1 Å². The van der Waals surface area contributed by atoms with Gasteiger partial charge in [-0.15, -0.1) is 0 Å². The van der Waals surface area contributed by atoms with Gasteiger partial charge in [-0.2, -0.15) is 0 Å². The molecule has 0 aliphatic heterocycles. The Kier molecular flexibility index (Phi) is 2.60. The van der Waals surface area contributed by atoms with Gasteiger partial charge in [-0.05, 0) is 31.9 Å². The van der Waals surface area contributed by atoms with Gasteiger partial charge in [0.25, 0.3) is 0 Å². The van der Waals surface area contributed by atoms with Crippen molar-refractivity contribution in [3.05, 3.63) is 41.2 Å². The second kappa shape index (κ2) is 3.93. The van der Waals surface area contributed by atoms with E-state index < -0.39 is 0 Å². The highest BCUT2D eigenvalue weighted by Gasteiger charge is 2.08. The monoisotopic (exact) mass is 213 g/mol. The number of aryl methyl sites for hydroxylation is 3. The third-order valence-corrected chi connectivity index (χ3v) is 2.59. The third kappa shape index (κ3) is 1.89. The molecule has 0 radical (unpaired) electrons. The molecule has 0 aliphatic carbocycles. The predicted octanol–water partition coefficient (Wildman–Crippen LogP) is 2.65. The van der Waals surface area contributed by atoms with Crippen molar-refractivity contribution in [2.45, 2.75) is 20.8 Å². The molecule has 82 valence electrons. The molecule has 0 bridgehead atoms. The van der Waals surface area contributed by atoms with Crippen LogP contribution in [0, 0.1) is 20.8 Å². The Morgan fingerprint density at radius 1 is 1.00 bits per heavy atom. The van der Waals surface area contributed by atoms with Gasteiger partial charge in [-0.3, -0.25) is 4.98 Å². The molecule has 2 rings (SSSR count). The lowest BCUT2D eigenvalue weighted by Gasteiger charge is -2.10. The Hall–Kier alpha value is -1.90. The van der Waals surface area contributed by atoms with E-state index in [0.29, 0.717) is 5.82 Å². The van der Waals surface area contributed by atoms with E-state index in [2.05, 4.69) is 42.9 Å². The summed E-state index contributed by atoms with van der Waals surface area (Å²) in [5.74, 6) is 0.455. The highest BCUT2D eigenvalue weighted by atomic mass is 14.9. The molecule has 2 aromatic rings. The van der Waals surface area contributed by atoms with Gasteiger partial charge in [0.15, 0.2) is 0 Å². The summed E-state index contributed by atoms with van der Waals surface area (Å²) in [6, 6.07) is 4.29. The molecule has 16 heavy (non-hydrogen) atoms. The Morgan fingerprint density at radius 2 is 1.62 bits per heavy atom. The number of hydrogen-bond donors (Lipinski definition) is 1. The molecule has 0 unspecified atom stereocenters. The first-order chi connectivity index (χ1) is 7.58. The van der Waals surface area contributed by atoms with Crippen LogP contribution in [0.5, 0.6) is 0 Å². The summed E-state index contributed by atoms with van der Waals surface area (Å²) < 4.78 is 0. The molecule has 2 N–H and O–H groups in total. The van der Waals surface area contributed by atoms with Gasteiger partial charge in [0, 0.05) is 5.56 Å². The number of rotatable bonds is 1. The summed E-state index contributed by atoms with van der Waals surface area (Å²) in [4.78, 5) is 8.39. The lowest BCUT2D eigenvalue weighted by Crippen LogP contribution is -1.97. The zero-order valence-corrected chi connectivity index (χ0v) is 9.78. The van der Waals surface area contributed by atoms with Gasteiger partial charge in [0.1, 0.15) is 5.82 Å². The van der Waals surface area contributed by atoms with Crippen molar-refractivity contribution in [3.63, 3.8) is 0 Å². The zero-order chi connectivity index (χ0) is 11.7. The molecule has 1 heterocycles. The van der Waals surface area contributed by atoms with Crippen molar-refractivity contribution in [2.75, 3.05) is 5.73 Å². The number of hydrogen-bond acceptors (Lipinski definition) is 3. The van der Waals surface area contributed by atoms with Crippen LogP contribution in [0.4, 0.5) is 5.82 Å². The first-order valence-electron chi connectivity index (χ1n) is 5.23. The molecule has 1 aromatic heterocycles. The molecular weight excluding hydrogens is 198 g/mol. The van der Waals surface area contributed by atoms with Crippen LogP contribution in [0.25, 0.3) is 11.3 Å². The van der Waals surface area contributed by atoms with Crippen LogP contribution in [0.15, 0.2) is 24.5 Å². The average molecular weight is 213 g/mol. The highest BCUT2D eigenvalue weighted by Crippen LogP contribution is 2.26. The topological polar surface area (TPSA) is 51.8 Å². The van der Waals surface area contributed by atoms with Gasteiger partial charge in [-0.1, -0.05) is 17.7 Å². The maximum Gasteiger partial charge on any atom is 0.142 e. The normalized spacial score (nSPS) is 10.4. The Morgan fingerprint density at radius 3 is 2.19 bits per heavy atom. The van der Waals surface area contributed by atoms with E-state index in [9.17, 15) is 0 Å². The highest BCUT2D eigenvalue weighted by molar-refractivity contribution is 5.68. The Bertz CT molecular complexity index is 509. The number of nitrogen functional groups attached to an aromatic ring is 1. The van der Waals surface area contributed by atoms with E-state index in [-0.39, 0.29) is 0 Å². The molecule has 3 nitrogen and oxygen atoms in total. The molecule has 0 spiro atoms. The van der Waals surface area contributed by atoms with Crippen molar-refractivity contribution in [2.24, 2.45) is 0 Å². The van der Waals surface area contributed by atoms with Crippen molar-refractivity contribution in [3.8, 4) is 11.3 Å². The first kappa shape index (κ1) is 10.6. The third-order valence-electron chi connectivity index (χ3n) is 2.59. The SMILES string of the molecule is Cc1cc(C)c(-c2cncc(N)n2)c(C)c1. The minimum atomic E-state index is 0.455. The Labute approximate surface area is 95.4 Å². The molecule has 3 heteroatoms. The van der Waals surface area contributed by atoms with Crippen LogP contribution < -0.4 is 5.73 Å². The van der Waals surface area contributed by atoms with Gasteiger partial charge >= 0.3 is 0 Å².